The average molecular weight is 475 g/mol. The van der Waals surface area contributed by atoms with E-state index >= 15 is 0 Å². The normalized spacial score (nSPS) is 12.8. The number of fused-ring (bicyclic) bond motifs is 3. The number of ether oxygens (including phenoxy) is 2. The molecular weight excluding hydrogens is 444 g/mol. The zero-order chi connectivity index (χ0) is 25.2. The molecule has 0 aliphatic heterocycles. The van der Waals surface area contributed by atoms with E-state index in [4.69, 9.17) is 9.47 Å². The molecule has 0 unspecified atom stereocenters. The van der Waals surface area contributed by atoms with Crippen molar-refractivity contribution >= 4 is 11.5 Å². The molecule has 0 N–H and O–H groups in total. The van der Waals surface area contributed by atoms with Crippen LogP contribution in [0.25, 0.3) is 27.8 Å². The Bertz CT molecular complexity index is 1470. The zero-order valence-corrected chi connectivity index (χ0v) is 21.2. The van der Waals surface area contributed by atoms with Gasteiger partial charge >= 0.3 is 5.97 Å². The number of hydrogen-bond acceptors (Lipinski definition) is 3. The van der Waals surface area contributed by atoms with Gasteiger partial charge in [-0.15, -0.1) is 0 Å². The fraction of sp³-hybridized carbons (Fsp3) is 0.182. The minimum atomic E-state index is -0.324. The quantitative estimate of drug-likeness (QED) is 0.186. The molecule has 0 spiro atoms. The molecule has 1 aliphatic rings. The predicted octanol–water partition coefficient (Wildman–Crippen LogP) is 7.83. The first-order valence-corrected chi connectivity index (χ1v) is 12.4. The van der Waals surface area contributed by atoms with E-state index in [1.165, 1.54) is 33.4 Å². The number of carbonyl (C=O) groups excluding carboxylic acids is 1. The predicted molar refractivity (Wildman–Crippen MR) is 146 cm³/mol. The highest BCUT2D eigenvalue weighted by Gasteiger charge is 2.24. The summed E-state index contributed by atoms with van der Waals surface area (Å²) in [6, 6.07) is 27.1. The Hall–Kier alpha value is -4.11. The lowest BCUT2D eigenvalue weighted by atomic mass is 9.91. The Kier molecular flexibility index (Phi) is 6.47. The summed E-state index contributed by atoms with van der Waals surface area (Å²) in [5.74, 6) is 0.479. The Balaban J connectivity index is 1.44. The smallest absolute Gasteiger partial charge is 0.331 e. The third-order valence-corrected chi connectivity index (χ3v) is 6.93. The average Bonchev–Trinajstić information content (AvgIpc) is 3.17. The second-order valence-electron chi connectivity index (χ2n) is 9.21. The van der Waals surface area contributed by atoms with Gasteiger partial charge in [-0.3, -0.25) is 0 Å². The Morgan fingerprint density at radius 2 is 1.42 bits per heavy atom. The molecule has 1 aliphatic carbocycles. The van der Waals surface area contributed by atoms with Gasteiger partial charge in [-0.05, 0) is 101 Å². The van der Waals surface area contributed by atoms with Crippen LogP contribution in [0.4, 0.5) is 0 Å². The van der Waals surface area contributed by atoms with Gasteiger partial charge in [0.05, 0.1) is 6.61 Å². The summed E-state index contributed by atoms with van der Waals surface area (Å²) >= 11 is 0. The van der Waals surface area contributed by atoms with Gasteiger partial charge in [-0.2, -0.15) is 0 Å². The first kappa shape index (κ1) is 23.6. The van der Waals surface area contributed by atoms with E-state index in [0.717, 1.165) is 33.6 Å². The molecule has 0 atom stereocenters. The van der Waals surface area contributed by atoms with Gasteiger partial charge in [-0.1, -0.05) is 66.7 Å². The van der Waals surface area contributed by atoms with Crippen molar-refractivity contribution in [3.63, 3.8) is 0 Å². The molecule has 5 rings (SSSR count). The summed E-state index contributed by atoms with van der Waals surface area (Å²) < 4.78 is 11.5. The molecule has 3 nitrogen and oxygen atoms in total. The molecule has 0 saturated heterocycles. The van der Waals surface area contributed by atoms with Crippen LogP contribution >= 0.6 is 0 Å². The third kappa shape index (κ3) is 4.33. The molecule has 0 saturated carbocycles. The van der Waals surface area contributed by atoms with Crippen molar-refractivity contribution < 1.29 is 14.3 Å². The van der Waals surface area contributed by atoms with Gasteiger partial charge in [0.15, 0.2) is 0 Å². The molecular formula is C33H30O3. The van der Waals surface area contributed by atoms with Gasteiger partial charge < -0.3 is 9.47 Å². The van der Waals surface area contributed by atoms with Crippen molar-refractivity contribution in [3.8, 4) is 28.0 Å². The standard InChI is InChI=1S/C33H30O3/c1-5-35-32(34)19-31-28-14-7-6-13-27(28)30-18-25(16-17-29(30)31)36-20-24-12-9-15-26(23(24)4)33-21(2)10-8-11-22(33)3/h6-19H,5,20H2,1-4H3/b31-19+. The van der Waals surface area contributed by atoms with E-state index in [9.17, 15) is 4.79 Å². The largest absolute Gasteiger partial charge is 0.489 e. The maximum atomic E-state index is 12.2. The van der Waals surface area contributed by atoms with E-state index in [0.29, 0.717) is 13.2 Å². The highest BCUT2D eigenvalue weighted by molar-refractivity contribution is 6.07. The summed E-state index contributed by atoms with van der Waals surface area (Å²) in [6.07, 6.45) is 1.59. The second kappa shape index (κ2) is 9.87. The zero-order valence-electron chi connectivity index (χ0n) is 21.2. The topological polar surface area (TPSA) is 35.5 Å². The highest BCUT2D eigenvalue weighted by atomic mass is 16.5. The Morgan fingerprint density at radius 3 is 2.17 bits per heavy atom. The van der Waals surface area contributed by atoms with E-state index in [1.54, 1.807) is 6.08 Å². The molecule has 0 heterocycles. The molecule has 36 heavy (non-hydrogen) atoms. The van der Waals surface area contributed by atoms with Crippen molar-refractivity contribution in [1.82, 2.24) is 0 Å². The lowest BCUT2D eigenvalue weighted by molar-refractivity contribution is -0.137. The summed E-state index contributed by atoms with van der Waals surface area (Å²) in [5, 5.41) is 0. The van der Waals surface area contributed by atoms with E-state index in [1.807, 2.05) is 37.3 Å². The number of carbonyl (C=O) groups is 1. The molecule has 0 radical (unpaired) electrons. The third-order valence-electron chi connectivity index (χ3n) is 6.93. The summed E-state index contributed by atoms with van der Waals surface area (Å²) in [4.78, 5) is 12.2. The van der Waals surface area contributed by atoms with E-state index in [2.05, 4.69) is 69.3 Å². The monoisotopic (exact) mass is 474 g/mol. The van der Waals surface area contributed by atoms with Crippen LogP contribution in [-0.4, -0.2) is 12.6 Å². The van der Waals surface area contributed by atoms with Crippen LogP contribution in [0.15, 0.2) is 84.9 Å². The Labute approximate surface area is 213 Å². The van der Waals surface area contributed by atoms with Gasteiger partial charge in [0.25, 0.3) is 0 Å². The molecule has 180 valence electrons. The highest BCUT2D eigenvalue weighted by Crippen LogP contribution is 2.45. The molecule has 4 aromatic carbocycles. The number of aryl methyl sites for hydroxylation is 2. The van der Waals surface area contributed by atoms with E-state index < -0.39 is 0 Å². The molecule has 0 fully saturated rings. The fourth-order valence-corrected chi connectivity index (χ4v) is 5.14. The number of esters is 1. The van der Waals surface area contributed by atoms with Crippen LogP contribution in [0.1, 0.15) is 40.3 Å². The molecule has 0 bridgehead atoms. The number of rotatable bonds is 6. The number of hydrogen-bond donors (Lipinski definition) is 0. The van der Waals surface area contributed by atoms with Gasteiger partial charge in [-0.25, -0.2) is 4.79 Å². The van der Waals surface area contributed by atoms with Crippen LogP contribution < -0.4 is 4.74 Å². The van der Waals surface area contributed by atoms with Crippen LogP contribution in [0, 0.1) is 20.8 Å². The van der Waals surface area contributed by atoms with Crippen LogP contribution in [0.2, 0.25) is 0 Å². The SMILES string of the molecule is CCOC(=O)/C=C1\c2ccccc2-c2cc(OCc3cccc(-c4c(C)cccc4C)c3C)ccc21. The first-order chi connectivity index (χ1) is 17.5. The van der Waals surface area contributed by atoms with Crippen molar-refractivity contribution in [2.24, 2.45) is 0 Å². The van der Waals surface area contributed by atoms with Gasteiger partial charge in [0.2, 0.25) is 0 Å². The first-order valence-electron chi connectivity index (χ1n) is 12.4. The van der Waals surface area contributed by atoms with Crippen molar-refractivity contribution in [2.75, 3.05) is 6.61 Å². The second-order valence-corrected chi connectivity index (χ2v) is 9.21. The van der Waals surface area contributed by atoms with Crippen LogP contribution in [0.5, 0.6) is 5.75 Å². The Morgan fingerprint density at radius 1 is 0.750 bits per heavy atom. The number of benzene rings is 4. The summed E-state index contributed by atoms with van der Waals surface area (Å²) in [7, 11) is 0. The van der Waals surface area contributed by atoms with Crippen molar-refractivity contribution in [2.45, 2.75) is 34.3 Å². The molecule has 0 amide bonds. The minimum absolute atomic E-state index is 0.324. The maximum Gasteiger partial charge on any atom is 0.331 e. The molecule has 0 aromatic heterocycles. The molecule has 3 heteroatoms. The van der Waals surface area contributed by atoms with Crippen molar-refractivity contribution in [3.05, 3.63) is 118 Å². The van der Waals surface area contributed by atoms with Gasteiger partial charge in [0, 0.05) is 6.08 Å². The fourth-order valence-electron chi connectivity index (χ4n) is 5.14. The lowest BCUT2D eigenvalue weighted by Crippen LogP contribution is -2.01. The summed E-state index contributed by atoms with van der Waals surface area (Å²) in [5.41, 5.74) is 12.6. The minimum Gasteiger partial charge on any atom is -0.489 e. The summed E-state index contributed by atoms with van der Waals surface area (Å²) in [6.45, 7) is 9.15. The van der Waals surface area contributed by atoms with Crippen molar-refractivity contribution in [1.29, 1.82) is 0 Å². The van der Waals surface area contributed by atoms with E-state index in [-0.39, 0.29) is 5.97 Å². The van der Waals surface area contributed by atoms with Gasteiger partial charge in [0.1, 0.15) is 12.4 Å². The van der Waals surface area contributed by atoms with Crippen LogP contribution in [0.3, 0.4) is 0 Å². The molecule has 4 aromatic rings. The lowest BCUT2D eigenvalue weighted by Gasteiger charge is -2.16. The van der Waals surface area contributed by atoms with Crippen LogP contribution in [-0.2, 0) is 16.1 Å². The maximum absolute atomic E-state index is 12.2.